The third-order valence-electron chi connectivity index (χ3n) is 3.34. The van der Waals surface area contributed by atoms with Gasteiger partial charge in [-0.15, -0.1) is 0 Å². The van der Waals surface area contributed by atoms with Gasteiger partial charge in [-0.2, -0.15) is 8.78 Å². The molecular weight excluding hydrogens is 346 g/mol. The van der Waals surface area contributed by atoms with E-state index in [1.165, 1.54) is 0 Å². The third kappa shape index (κ3) is 4.43. The third-order valence-corrected chi connectivity index (χ3v) is 4.27. The van der Waals surface area contributed by atoms with Crippen molar-refractivity contribution in [3.8, 4) is 0 Å². The molecule has 0 amide bonds. The van der Waals surface area contributed by atoms with E-state index in [2.05, 4.69) is 16.7 Å². The maximum atomic E-state index is 12.3. The van der Waals surface area contributed by atoms with Gasteiger partial charge in [-0.05, 0) is 59.4 Å². The second-order valence-electron chi connectivity index (χ2n) is 5.04. The highest BCUT2D eigenvalue weighted by Gasteiger charge is 2.05. The second kappa shape index (κ2) is 7.59. The molecule has 3 rings (SSSR count). The summed E-state index contributed by atoms with van der Waals surface area (Å²) in [6.07, 6.45) is 0. The molecule has 24 heavy (non-hydrogen) atoms. The van der Waals surface area contributed by atoms with Gasteiger partial charge in [0.25, 0.3) is 5.76 Å². The van der Waals surface area contributed by atoms with E-state index in [-0.39, 0.29) is 0 Å². The van der Waals surface area contributed by atoms with Crippen LogP contribution < -0.4 is 10.6 Å². The number of rotatable bonds is 4. The summed E-state index contributed by atoms with van der Waals surface area (Å²) < 4.78 is 24.6. The Hall–Kier alpha value is -2.18. The van der Waals surface area contributed by atoms with Crippen LogP contribution in [0, 0.1) is 0 Å². The Bertz CT molecular complexity index is 851. The fourth-order valence-electron chi connectivity index (χ4n) is 2.28. The predicted octanol–water partition coefficient (Wildman–Crippen LogP) is 5.96. The number of alkyl halides is 2. The van der Waals surface area contributed by atoms with Gasteiger partial charge >= 0.3 is 0 Å². The van der Waals surface area contributed by atoms with Crippen LogP contribution in [-0.2, 0) is 0 Å². The first-order chi connectivity index (χ1) is 11.6. The number of nitrogens with one attached hydrogen (secondary N) is 2. The van der Waals surface area contributed by atoms with Crippen LogP contribution >= 0.6 is 24.0 Å². The van der Waals surface area contributed by atoms with Gasteiger partial charge in [0.2, 0.25) is 0 Å². The summed E-state index contributed by atoms with van der Waals surface area (Å²) in [5.74, 6) is -2.42. The topological polar surface area (TPSA) is 24.1 Å². The van der Waals surface area contributed by atoms with Crippen molar-refractivity contribution in [1.82, 2.24) is 0 Å². The molecule has 0 aromatic heterocycles. The Kier molecular flexibility index (Phi) is 5.27. The first-order valence-electron chi connectivity index (χ1n) is 7.22. The van der Waals surface area contributed by atoms with Gasteiger partial charge in [0.1, 0.15) is 0 Å². The van der Waals surface area contributed by atoms with Crippen LogP contribution in [0.15, 0.2) is 71.6 Å². The van der Waals surface area contributed by atoms with E-state index in [1.807, 2.05) is 36.4 Å². The lowest BCUT2D eigenvalue weighted by Crippen LogP contribution is -2.18. The van der Waals surface area contributed by atoms with E-state index < -0.39 is 5.76 Å². The van der Waals surface area contributed by atoms with Crippen molar-refractivity contribution >= 4 is 51.2 Å². The largest absolute Gasteiger partial charge is 0.332 e. The first kappa shape index (κ1) is 16.7. The van der Waals surface area contributed by atoms with Crippen LogP contribution in [0.1, 0.15) is 0 Å². The molecule has 0 spiro atoms. The van der Waals surface area contributed by atoms with Crippen molar-refractivity contribution < 1.29 is 8.78 Å². The average molecular weight is 360 g/mol. The normalized spacial score (nSPS) is 10.8. The van der Waals surface area contributed by atoms with E-state index in [0.717, 1.165) is 22.1 Å². The summed E-state index contributed by atoms with van der Waals surface area (Å²) in [6, 6.07) is 20.8. The molecule has 0 heterocycles. The summed E-state index contributed by atoms with van der Waals surface area (Å²) in [7, 11) is 0. The Balaban J connectivity index is 1.64. The number of benzene rings is 3. The number of fused-ring (bicyclic) bond motifs is 1. The first-order valence-corrected chi connectivity index (χ1v) is 8.51. The summed E-state index contributed by atoms with van der Waals surface area (Å²) in [5, 5.41) is 8.90. The molecule has 3 aromatic carbocycles. The minimum atomic E-state index is -2.42. The van der Waals surface area contributed by atoms with Crippen LogP contribution in [0.5, 0.6) is 0 Å². The van der Waals surface area contributed by atoms with Gasteiger partial charge < -0.3 is 10.6 Å². The highest BCUT2D eigenvalue weighted by atomic mass is 32.2. The summed E-state index contributed by atoms with van der Waals surface area (Å²) in [6.45, 7) is 0. The second-order valence-corrected chi connectivity index (χ2v) is 6.52. The Morgan fingerprint density at radius 2 is 1.46 bits per heavy atom. The average Bonchev–Trinajstić information content (AvgIpc) is 2.56. The smallest absolute Gasteiger partial charge is 0.288 e. The molecule has 0 bridgehead atoms. The minimum absolute atomic E-state index is 0.444. The Morgan fingerprint density at radius 1 is 0.833 bits per heavy atom. The molecule has 6 heteroatoms. The lowest BCUT2D eigenvalue weighted by atomic mass is 10.1. The van der Waals surface area contributed by atoms with Crippen molar-refractivity contribution in [2.24, 2.45) is 0 Å². The molecule has 122 valence electrons. The molecule has 0 aliphatic rings. The minimum Gasteiger partial charge on any atom is -0.332 e. The van der Waals surface area contributed by atoms with Crippen LogP contribution in [0.4, 0.5) is 20.2 Å². The predicted molar refractivity (Wildman–Crippen MR) is 102 cm³/mol. The summed E-state index contributed by atoms with van der Waals surface area (Å²) in [5.41, 5.74) is 1.63. The SMILES string of the molecule is FC(F)Sc1ccc(NC(=S)Nc2ccc3ccccc3c2)cc1. The number of halogens is 2. The summed E-state index contributed by atoms with van der Waals surface area (Å²) in [4.78, 5) is 0.518. The number of thioether (sulfide) groups is 1. The number of hydrogen-bond acceptors (Lipinski definition) is 2. The zero-order valence-corrected chi connectivity index (χ0v) is 14.1. The van der Waals surface area contributed by atoms with Gasteiger partial charge in [-0.1, -0.05) is 42.1 Å². The fraction of sp³-hybridized carbons (Fsp3) is 0.0556. The van der Waals surface area contributed by atoms with E-state index in [0.29, 0.717) is 21.8 Å². The van der Waals surface area contributed by atoms with Crippen LogP contribution in [0.2, 0.25) is 0 Å². The zero-order valence-electron chi connectivity index (χ0n) is 12.5. The van der Waals surface area contributed by atoms with Crippen LogP contribution in [0.3, 0.4) is 0 Å². The molecule has 2 N–H and O–H groups in total. The fourth-order valence-corrected chi connectivity index (χ4v) is 3.01. The molecule has 0 aliphatic heterocycles. The van der Waals surface area contributed by atoms with Crippen molar-refractivity contribution in [3.63, 3.8) is 0 Å². The molecule has 3 aromatic rings. The quantitative estimate of drug-likeness (QED) is 0.442. The number of thiocarbonyl (C=S) groups is 1. The lowest BCUT2D eigenvalue weighted by molar-refractivity contribution is 0.252. The molecular formula is C18H14F2N2S2. The molecule has 0 unspecified atom stereocenters. The molecule has 0 radical (unpaired) electrons. The van der Waals surface area contributed by atoms with Crippen LogP contribution in [0.25, 0.3) is 10.8 Å². The monoisotopic (exact) mass is 360 g/mol. The van der Waals surface area contributed by atoms with E-state index in [9.17, 15) is 8.78 Å². The van der Waals surface area contributed by atoms with Crippen LogP contribution in [-0.4, -0.2) is 10.9 Å². The molecule has 0 fully saturated rings. The number of anilines is 2. The Morgan fingerprint density at radius 3 is 2.17 bits per heavy atom. The van der Waals surface area contributed by atoms with E-state index in [4.69, 9.17) is 12.2 Å². The zero-order chi connectivity index (χ0) is 16.9. The Labute approximate surface area is 148 Å². The molecule has 0 atom stereocenters. The summed E-state index contributed by atoms with van der Waals surface area (Å²) >= 11 is 5.82. The van der Waals surface area contributed by atoms with Crippen molar-refractivity contribution in [1.29, 1.82) is 0 Å². The number of hydrogen-bond donors (Lipinski definition) is 2. The van der Waals surface area contributed by atoms with Crippen molar-refractivity contribution in [2.75, 3.05) is 10.6 Å². The van der Waals surface area contributed by atoms with Gasteiger partial charge in [0, 0.05) is 16.3 Å². The lowest BCUT2D eigenvalue weighted by Gasteiger charge is -2.11. The highest BCUT2D eigenvalue weighted by molar-refractivity contribution is 7.99. The molecule has 2 nitrogen and oxygen atoms in total. The van der Waals surface area contributed by atoms with E-state index in [1.54, 1.807) is 24.3 Å². The van der Waals surface area contributed by atoms with E-state index >= 15 is 0 Å². The van der Waals surface area contributed by atoms with Crippen molar-refractivity contribution in [2.45, 2.75) is 10.7 Å². The maximum absolute atomic E-state index is 12.3. The standard InChI is InChI=1S/C18H14F2N2S2/c19-17(20)24-16-9-7-14(8-10-16)21-18(23)22-15-6-5-12-3-1-2-4-13(12)11-15/h1-11,17H,(H2,21,22,23). The van der Waals surface area contributed by atoms with Gasteiger partial charge in [0.05, 0.1) is 0 Å². The molecule has 0 saturated carbocycles. The van der Waals surface area contributed by atoms with Gasteiger partial charge in [-0.3, -0.25) is 0 Å². The molecule has 0 saturated heterocycles. The highest BCUT2D eigenvalue weighted by Crippen LogP contribution is 2.26. The van der Waals surface area contributed by atoms with Gasteiger partial charge in [0.15, 0.2) is 5.11 Å². The van der Waals surface area contributed by atoms with Crippen molar-refractivity contribution in [3.05, 3.63) is 66.7 Å². The maximum Gasteiger partial charge on any atom is 0.288 e. The van der Waals surface area contributed by atoms with Gasteiger partial charge in [-0.25, -0.2) is 0 Å². The molecule has 0 aliphatic carbocycles.